The first-order chi connectivity index (χ1) is 9.10. The Labute approximate surface area is 119 Å². The van der Waals surface area contributed by atoms with Gasteiger partial charge in [0.1, 0.15) is 0 Å². The predicted octanol–water partition coefficient (Wildman–Crippen LogP) is 4.64. The van der Waals surface area contributed by atoms with Crippen molar-refractivity contribution in [2.24, 2.45) is 0 Å². The number of benzene rings is 2. The van der Waals surface area contributed by atoms with E-state index in [1.807, 2.05) is 31.2 Å². The third-order valence-corrected chi connectivity index (χ3v) is 3.53. The van der Waals surface area contributed by atoms with Crippen LogP contribution in [-0.4, -0.2) is 5.78 Å². The SMILES string of the molecule is CCc1ccc(CC(=O)c2cc(Cl)ccc2C)cc1. The van der Waals surface area contributed by atoms with E-state index in [9.17, 15) is 4.79 Å². The van der Waals surface area contributed by atoms with Crippen LogP contribution in [0.2, 0.25) is 5.02 Å². The van der Waals surface area contributed by atoms with Gasteiger partial charge in [0.15, 0.2) is 5.78 Å². The molecule has 0 fully saturated rings. The average Bonchev–Trinajstić information content (AvgIpc) is 2.42. The zero-order valence-corrected chi connectivity index (χ0v) is 12.0. The molecule has 19 heavy (non-hydrogen) atoms. The van der Waals surface area contributed by atoms with Crippen molar-refractivity contribution in [2.45, 2.75) is 26.7 Å². The number of Topliss-reactive ketones (excluding diaryl/α,β-unsaturated/α-hetero) is 1. The van der Waals surface area contributed by atoms with Crippen LogP contribution in [0.1, 0.15) is 34.0 Å². The lowest BCUT2D eigenvalue weighted by molar-refractivity contribution is 0.0992. The second-order valence-corrected chi connectivity index (χ2v) is 5.17. The van der Waals surface area contributed by atoms with E-state index in [2.05, 4.69) is 19.1 Å². The van der Waals surface area contributed by atoms with Crippen LogP contribution in [0.25, 0.3) is 0 Å². The molecular formula is C17H17ClO. The van der Waals surface area contributed by atoms with Gasteiger partial charge in [-0.1, -0.05) is 48.9 Å². The van der Waals surface area contributed by atoms with Crippen LogP contribution in [0.5, 0.6) is 0 Å². The predicted molar refractivity (Wildman–Crippen MR) is 80.0 cm³/mol. The maximum atomic E-state index is 12.3. The molecule has 0 N–H and O–H groups in total. The molecule has 98 valence electrons. The average molecular weight is 273 g/mol. The highest BCUT2D eigenvalue weighted by Crippen LogP contribution is 2.18. The highest BCUT2D eigenvalue weighted by atomic mass is 35.5. The van der Waals surface area contributed by atoms with Crippen molar-refractivity contribution in [3.63, 3.8) is 0 Å². The molecule has 0 aliphatic heterocycles. The Kier molecular flexibility index (Phi) is 4.39. The number of carbonyl (C=O) groups is 1. The van der Waals surface area contributed by atoms with E-state index < -0.39 is 0 Å². The van der Waals surface area contributed by atoms with Crippen LogP contribution in [-0.2, 0) is 12.8 Å². The summed E-state index contributed by atoms with van der Waals surface area (Å²) in [7, 11) is 0. The van der Waals surface area contributed by atoms with Gasteiger partial charge < -0.3 is 0 Å². The van der Waals surface area contributed by atoms with E-state index in [-0.39, 0.29) is 5.78 Å². The fourth-order valence-corrected chi connectivity index (χ4v) is 2.24. The standard InChI is InChI=1S/C17H17ClO/c1-3-13-5-7-14(8-6-13)10-17(19)16-11-15(18)9-4-12(16)2/h4-9,11H,3,10H2,1-2H3. The lowest BCUT2D eigenvalue weighted by atomic mass is 9.98. The number of halogens is 1. The van der Waals surface area contributed by atoms with Crippen molar-refractivity contribution >= 4 is 17.4 Å². The molecule has 0 atom stereocenters. The summed E-state index contributed by atoms with van der Waals surface area (Å²) >= 11 is 5.95. The van der Waals surface area contributed by atoms with Gasteiger partial charge in [0.05, 0.1) is 0 Å². The second-order valence-electron chi connectivity index (χ2n) is 4.73. The third kappa shape index (κ3) is 3.45. The molecule has 0 radical (unpaired) electrons. The lowest BCUT2D eigenvalue weighted by Crippen LogP contribution is -2.05. The first-order valence-corrected chi connectivity index (χ1v) is 6.85. The van der Waals surface area contributed by atoms with Crippen LogP contribution in [0, 0.1) is 6.92 Å². The van der Waals surface area contributed by atoms with Crippen molar-refractivity contribution < 1.29 is 4.79 Å². The zero-order valence-electron chi connectivity index (χ0n) is 11.2. The molecule has 0 saturated carbocycles. The van der Waals surface area contributed by atoms with Crippen LogP contribution in [0.4, 0.5) is 0 Å². The molecule has 0 aliphatic carbocycles. The Hall–Kier alpha value is -1.60. The Morgan fingerprint density at radius 1 is 1.05 bits per heavy atom. The number of rotatable bonds is 4. The van der Waals surface area contributed by atoms with Gasteiger partial charge in [0.25, 0.3) is 0 Å². The van der Waals surface area contributed by atoms with Crippen molar-refractivity contribution in [1.82, 2.24) is 0 Å². The van der Waals surface area contributed by atoms with Crippen molar-refractivity contribution in [3.05, 3.63) is 69.7 Å². The molecule has 0 heterocycles. The lowest BCUT2D eigenvalue weighted by Gasteiger charge is -2.06. The van der Waals surface area contributed by atoms with E-state index in [4.69, 9.17) is 11.6 Å². The van der Waals surface area contributed by atoms with Gasteiger partial charge in [-0.15, -0.1) is 0 Å². The summed E-state index contributed by atoms with van der Waals surface area (Å²) < 4.78 is 0. The summed E-state index contributed by atoms with van der Waals surface area (Å²) in [6, 6.07) is 13.6. The fourth-order valence-electron chi connectivity index (χ4n) is 2.07. The number of ketones is 1. The maximum absolute atomic E-state index is 12.3. The van der Waals surface area contributed by atoms with Gasteiger partial charge in [-0.2, -0.15) is 0 Å². The van der Waals surface area contributed by atoms with Gasteiger partial charge in [0.2, 0.25) is 0 Å². The van der Waals surface area contributed by atoms with Crippen molar-refractivity contribution in [2.75, 3.05) is 0 Å². The minimum absolute atomic E-state index is 0.115. The highest BCUT2D eigenvalue weighted by molar-refractivity contribution is 6.31. The summed E-state index contributed by atoms with van der Waals surface area (Å²) in [6.45, 7) is 4.05. The van der Waals surface area contributed by atoms with Crippen LogP contribution < -0.4 is 0 Å². The number of hydrogen-bond acceptors (Lipinski definition) is 1. The molecule has 0 unspecified atom stereocenters. The normalized spacial score (nSPS) is 10.5. The summed E-state index contributed by atoms with van der Waals surface area (Å²) in [5.74, 6) is 0.115. The number of aryl methyl sites for hydroxylation is 2. The maximum Gasteiger partial charge on any atom is 0.167 e. The molecule has 2 rings (SSSR count). The Balaban J connectivity index is 2.18. The fraction of sp³-hybridized carbons (Fsp3) is 0.235. The quantitative estimate of drug-likeness (QED) is 0.741. The first kappa shape index (κ1) is 13.8. The largest absolute Gasteiger partial charge is 0.294 e. The monoisotopic (exact) mass is 272 g/mol. The minimum atomic E-state index is 0.115. The summed E-state index contributed by atoms with van der Waals surface area (Å²) in [5.41, 5.74) is 4.02. The van der Waals surface area contributed by atoms with Gasteiger partial charge in [0, 0.05) is 17.0 Å². The molecule has 0 aliphatic rings. The molecule has 2 aromatic rings. The molecular weight excluding hydrogens is 256 g/mol. The highest BCUT2D eigenvalue weighted by Gasteiger charge is 2.10. The summed E-state index contributed by atoms with van der Waals surface area (Å²) in [5, 5.41) is 0.607. The van der Waals surface area contributed by atoms with Crippen molar-refractivity contribution in [1.29, 1.82) is 0 Å². The molecule has 0 spiro atoms. The van der Waals surface area contributed by atoms with E-state index in [0.717, 1.165) is 17.5 Å². The summed E-state index contributed by atoms with van der Waals surface area (Å²) in [4.78, 5) is 12.3. The minimum Gasteiger partial charge on any atom is -0.294 e. The van der Waals surface area contributed by atoms with Gasteiger partial charge >= 0.3 is 0 Å². The third-order valence-electron chi connectivity index (χ3n) is 3.30. The Morgan fingerprint density at radius 3 is 2.32 bits per heavy atom. The molecule has 2 heteroatoms. The Morgan fingerprint density at radius 2 is 1.68 bits per heavy atom. The van der Waals surface area contributed by atoms with Gasteiger partial charge in [-0.3, -0.25) is 4.79 Å². The van der Waals surface area contributed by atoms with Crippen LogP contribution >= 0.6 is 11.6 Å². The van der Waals surface area contributed by atoms with E-state index >= 15 is 0 Å². The second kappa shape index (κ2) is 6.03. The van der Waals surface area contributed by atoms with E-state index in [1.54, 1.807) is 6.07 Å². The molecule has 2 aromatic carbocycles. The smallest absolute Gasteiger partial charge is 0.167 e. The van der Waals surface area contributed by atoms with Crippen LogP contribution in [0.15, 0.2) is 42.5 Å². The molecule has 0 saturated heterocycles. The summed E-state index contributed by atoms with van der Waals surface area (Å²) in [6.07, 6.45) is 1.44. The number of carbonyl (C=O) groups excluding carboxylic acids is 1. The van der Waals surface area contributed by atoms with Crippen LogP contribution in [0.3, 0.4) is 0 Å². The molecule has 0 amide bonds. The topological polar surface area (TPSA) is 17.1 Å². The molecule has 0 bridgehead atoms. The van der Waals surface area contributed by atoms with E-state index in [0.29, 0.717) is 17.0 Å². The van der Waals surface area contributed by atoms with E-state index in [1.165, 1.54) is 5.56 Å². The first-order valence-electron chi connectivity index (χ1n) is 6.47. The zero-order chi connectivity index (χ0) is 13.8. The van der Waals surface area contributed by atoms with Gasteiger partial charge in [-0.25, -0.2) is 0 Å². The Bertz CT molecular complexity index is 585. The van der Waals surface area contributed by atoms with Crippen molar-refractivity contribution in [3.8, 4) is 0 Å². The molecule has 1 nitrogen and oxygen atoms in total. The number of hydrogen-bond donors (Lipinski definition) is 0. The van der Waals surface area contributed by atoms with Gasteiger partial charge in [-0.05, 0) is 42.2 Å². The molecule has 0 aromatic heterocycles.